The SMILES string of the molecule is Cn1cncc1C(O)C1CCOC2(CCCCC2)C1. The lowest BCUT2D eigenvalue weighted by Crippen LogP contribution is -2.43. The monoisotopic (exact) mass is 264 g/mol. The van der Waals surface area contributed by atoms with Gasteiger partial charge in [-0.3, -0.25) is 0 Å². The molecule has 1 spiro atoms. The van der Waals surface area contributed by atoms with Crippen molar-refractivity contribution in [1.29, 1.82) is 0 Å². The maximum Gasteiger partial charge on any atom is 0.0985 e. The van der Waals surface area contributed by atoms with Gasteiger partial charge in [-0.25, -0.2) is 4.98 Å². The van der Waals surface area contributed by atoms with Crippen molar-refractivity contribution >= 4 is 0 Å². The molecule has 1 aliphatic carbocycles. The van der Waals surface area contributed by atoms with Crippen LogP contribution in [-0.2, 0) is 11.8 Å². The van der Waals surface area contributed by atoms with Crippen LogP contribution < -0.4 is 0 Å². The molecule has 2 aliphatic rings. The number of nitrogens with zero attached hydrogens (tertiary/aromatic N) is 2. The number of aromatic nitrogens is 2. The van der Waals surface area contributed by atoms with E-state index in [1.807, 2.05) is 11.6 Å². The molecule has 1 saturated heterocycles. The van der Waals surface area contributed by atoms with Crippen LogP contribution in [0.4, 0.5) is 0 Å². The molecule has 0 bridgehead atoms. The Morgan fingerprint density at radius 3 is 2.89 bits per heavy atom. The van der Waals surface area contributed by atoms with Crippen molar-refractivity contribution in [2.45, 2.75) is 56.7 Å². The molecule has 0 amide bonds. The summed E-state index contributed by atoms with van der Waals surface area (Å²) >= 11 is 0. The highest BCUT2D eigenvalue weighted by molar-refractivity contribution is 5.05. The number of aliphatic hydroxyl groups excluding tert-OH is 1. The second-order valence-corrected chi connectivity index (χ2v) is 6.22. The van der Waals surface area contributed by atoms with Gasteiger partial charge in [0.15, 0.2) is 0 Å². The predicted molar refractivity (Wildman–Crippen MR) is 72.7 cm³/mol. The van der Waals surface area contributed by atoms with E-state index in [1.54, 1.807) is 12.5 Å². The van der Waals surface area contributed by atoms with E-state index in [4.69, 9.17) is 4.74 Å². The van der Waals surface area contributed by atoms with Gasteiger partial charge in [-0.15, -0.1) is 0 Å². The van der Waals surface area contributed by atoms with Crippen molar-refractivity contribution < 1.29 is 9.84 Å². The molecule has 1 aliphatic heterocycles. The zero-order chi connectivity index (χ0) is 13.3. The third-order valence-corrected chi connectivity index (χ3v) is 4.90. The number of aryl methyl sites for hydroxylation is 1. The number of hydrogen-bond acceptors (Lipinski definition) is 3. The predicted octanol–water partition coefficient (Wildman–Crippen LogP) is 2.58. The fraction of sp³-hybridized carbons (Fsp3) is 0.800. The second-order valence-electron chi connectivity index (χ2n) is 6.22. The van der Waals surface area contributed by atoms with Crippen molar-refractivity contribution in [3.05, 3.63) is 18.2 Å². The summed E-state index contributed by atoms with van der Waals surface area (Å²) in [4.78, 5) is 4.11. The van der Waals surface area contributed by atoms with E-state index in [9.17, 15) is 5.11 Å². The van der Waals surface area contributed by atoms with Gasteiger partial charge in [0.2, 0.25) is 0 Å². The van der Waals surface area contributed by atoms with Crippen molar-refractivity contribution in [3.63, 3.8) is 0 Å². The van der Waals surface area contributed by atoms with Crippen LogP contribution in [0.15, 0.2) is 12.5 Å². The molecule has 1 aromatic rings. The minimum atomic E-state index is -0.407. The summed E-state index contributed by atoms with van der Waals surface area (Å²) in [5.74, 6) is 0.308. The van der Waals surface area contributed by atoms with E-state index in [0.717, 1.165) is 25.1 Å². The summed E-state index contributed by atoms with van der Waals surface area (Å²) in [5.41, 5.74) is 0.985. The van der Waals surface area contributed by atoms with Crippen molar-refractivity contribution in [1.82, 2.24) is 9.55 Å². The summed E-state index contributed by atoms with van der Waals surface area (Å²) < 4.78 is 8.03. The lowest BCUT2D eigenvalue weighted by Gasteiger charge is -2.44. The van der Waals surface area contributed by atoms with Gasteiger partial charge < -0.3 is 14.4 Å². The van der Waals surface area contributed by atoms with E-state index in [2.05, 4.69) is 4.98 Å². The molecule has 3 rings (SSSR count). The molecule has 1 N–H and O–H groups in total. The van der Waals surface area contributed by atoms with Crippen molar-refractivity contribution in [2.75, 3.05) is 6.61 Å². The van der Waals surface area contributed by atoms with Gasteiger partial charge in [0.1, 0.15) is 0 Å². The average molecular weight is 264 g/mol. The Bertz CT molecular complexity index is 418. The summed E-state index contributed by atoms with van der Waals surface area (Å²) in [7, 11) is 1.95. The first-order chi connectivity index (χ1) is 9.20. The van der Waals surface area contributed by atoms with E-state index in [-0.39, 0.29) is 5.60 Å². The van der Waals surface area contributed by atoms with E-state index in [0.29, 0.717) is 5.92 Å². The van der Waals surface area contributed by atoms with Crippen LogP contribution in [0, 0.1) is 5.92 Å². The quantitative estimate of drug-likeness (QED) is 0.893. The molecule has 2 unspecified atom stereocenters. The fourth-order valence-corrected chi connectivity index (χ4v) is 3.77. The van der Waals surface area contributed by atoms with Crippen LogP contribution in [0.25, 0.3) is 0 Å². The second kappa shape index (κ2) is 5.25. The van der Waals surface area contributed by atoms with Crippen LogP contribution in [0.2, 0.25) is 0 Å². The third-order valence-electron chi connectivity index (χ3n) is 4.90. The first kappa shape index (κ1) is 13.1. The summed E-state index contributed by atoms with van der Waals surface area (Å²) in [5, 5.41) is 10.6. The van der Waals surface area contributed by atoms with Gasteiger partial charge in [0.05, 0.1) is 29.9 Å². The molecule has 1 saturated carbocycles. The zero-order valence-electron chi connectivity index (χ0n) is 11.7. The van der Waals surface area contributed by atoms with Gasteiger partial charge in [0, 0.05) is 13.7 Å². The minimum absolute atomic E-state index is 0.0563. The maximum absolute atomic E-state index is 10.6. The summed E-state index contributed by atoms with van der Waals surface area (Å²) in [6.45, 7) is 0.791. The Balaban J connectivity index is 1.72. The summed E-state index contributed by atoms with van der Waals surface area (Å²) in [6.07, 6.45) is 11.3. The number of imidazole rings is 1. The number of aliphatic hydroxyl groups is 1. The lowest BCUT2D eigenvalue weighted by atomic mass is 9.74. The molecular weight excluding hydrogens is 240 g/mol. The molecule has 19 heavy (non-hydrogen) atoms. The molecule has 2 fully saturated rings. The van der Waals surface area contributed by atoms with E-state index in [1.165, 1.54) is 32.1 Å². The van der Waals surface area contributed by atoms with E-state index < -0.39 is 6.10 Å². The third kappa shape index (κ3) is 2.56. The molecule has 2 atom stereocenters. The molecule has 4 heteroatoms. The number of ether oxygens (including phenoxy) is 1. The molecule has 0 aromatic carbocycles. The molecule has 0 radical (unpaired) electrons. The van der Waals surface area contributed by atoms with Crippen molar-refractivity contribution in [2.24, 2.45) is 13.0 Å². The smallest absolute Gasteiger partial charge is 0.0985 e. The van der Waals surface area contributed by atoms with Gasteiger partial charge in [-0.1, -0.05) is 19.3 Å². The minimum Gasteiger partial charge on any atom is -0.387 e. The molecular formula is C15H24N2O2. The standard InChI is InChI=1S/C15H24N2O2/c1-17-11-16-10-13(17)14(18)12-5-8-19-15(9-12)6-3-2-4-7-15/h10-12,14,18H,2-9H2,1H3. The highest BCUT2D eigenvalue weighted by Crippen LogP contribution is 2.44. The van der Waals surface area contributed by atoms with Crippen LogP contribution in [0.5, 0.6) is 0 Å². The first-order valence-corrected chi connectivity index (χ1v) is 7.48. The summed E-state index contributed by atoms with van der Waals surface area (Å²) in [6, 6.07) is 0. The fourth-order valence-electron chi connectivity index (χ4n) is 3.77. The van der Waals surface area contributed by atoms with Gasteiger partial charge in [0.25, 0.3) is 0 Å². The highest BCUT2D eigenvalue weighted by Gasteiger charge is 2.41. The van der Waals surface area contributed by atoms with Crippen LogP contribution in [0.3, 0.4) is 0 Å². The molecule has 4 nitrogen and oxygen atoms in total. The molecule has 2 heterocycles. The number of hydrogen-bond donors (Lipinski definition) is 1. The van der Waals surface area contributed by atoms with Gasteiger partial charge in [-0.2, -0.15) is 0 Å². The van der Waals surface area contributed by atoms with Gasteiger partial charge in [-0.05, 0) is 31.6 Å². The van der Waals surface area contributed by atoms with Gasteiger partial charge >= 0.3 is 0 Å². The highest BCUT2D eigenvalue weighted by atomic mass is 16.5. The number of rotatable bonds is 2. The Morgan fingerprint density at radius 1 is 1.42 bits per heavy atom. The average Bonchev–Trinajstić information content (AvgIpc) is 2.85. The topological polar surface area (TPSA) is 47.3 Å². The van der Waals surface area contributed by atoms with Crippen LogP contribution in [0.1, 0.15) is 56.7 Å². The van der Waals surface area contributed by atoms with Crippen LogP contribution in [-0.4, -0.2) is 26.9 Å². The largest absolute Gasteiger partial charge is 0.387 e. The first-order valence-electron chi connectivity index (χ1n) is 7.48. The Hall–Kier alpha value is -0.870. The Morgan fingerprint density at radius 2 is 2.21 bits per heavy atom. The normalized spacial score (nSPS) is 28.4. The zero-order valence-corrected chi connectivity index (χ0v) is 11.7. The lowest BCUT2D eigenvalue weighted by molar-refractivity contribution is -0.134. The molecule has 1 aromatic heterocycles. The Kier molecular flexibility index (Phi) is 3.63. The van der Waals surface area contributed by atoms with E-state index >= 15 is 0 Å². The Labute approximate surface area is 114 Å². The van der Waals surface area contributed by atoms with Crippen LogP contribution >= 0.6 is 0 Å². The molecule has 106 valence electrons. The van der Waals surface area contributed by atoms with Crippen molar-refractivity contribution in [3.8, 4) is 0 Å². The maximum atomic E-state index is 10.6.